The van der Waals surface area contributed by atoms with Gasteiger partial charge in [0, 0.05) is 50.2 Å². The number of hydrogen-bond acceptors (Lipinski definition) is 4. The van der Waals surface area contributed by atoms with Gasteiger partial charge in [0.2, 0.25) is 0 Å². The molecule has 0 amide bonds. The first-order valence-corrected chi connectivity index (χ1v) is 6.06. The van der Waals surface area contributed by atoms with Gasteiger partial charge in [-0.3, -0.25) is 4.98 Å². The van der Waals surface area contributed by atoms with Crippen LogP contribution in [0.5, 0.6) is 5.75 Å². The highest BCUT2D eigenvalue weighted by atomic mass is 16.5. The number of pyridine rings is 1. The van der Waals surface area contributed by atoms with Crippen molar-refractivity contribution in [3.63, 3.8) is 0 Å². The molecule has 1 aromatic heterocycles. The molecule has 0 saturated carbocycles. The maximum Gasteiger partial charge on any atom is 0.127 e. The van der Waals surface area contributed by atoms with Gasteiger partial charge < -0.3 is 14.8 Å². The number of nitrogens with zero attached hydrogens (tertiary/aromatic N) is 1. The molecule has 0 atom stereocenters. The van der Waals surface area contributed by atoms with Crippen LogP contribution in [0.2, 0.25) is 0 Å². The summed E-state index contributed by atoms with van der Waals surface area (Å²) in [6.07, 6.45) is 2.78. The van der Waals surface area contributed by atoms with Crippen LogP contribution in [0.15, 0.2) is 12.3 Å². The third kappa shape index (κ3) is 5.15. The number of nitrogens with one attached hydrogen (secondary N) is 1. The first kappa shape index (κ1) is 13.9. The minimum absolute atomic E-state index is 0.677. The van der Waals surface area contributed by atoms with Crippen LogP contribution in [-0.4, -0.2) is 31.9 Å². The van der Waals surface area contributed by atoms with Gasteiger partial charge in [-0.1, -0.05) is 6.92 Å². The quantitative estimate of drug-likeness (QED) is 0.703. The fourth-order valence-electron chi connectivity index (χ4n) is 1.48. The standard InChI is InChI=1S/C13H22N2O2/c1-4-14-9-12-10-15-11(2)8-13(12)17-7-5-6-16-3/h8,10,14H,4-7,9H2,1-3H3. The lowest BCUT2D eigenvalue weighted by molar-refractivity contribution is 0.171. The molecule has 0 aliphatic rings. The molecule has 1 aromatic rings. The molecule has 17 heavy (non-hydrogen) atoms. The summed E-state index contributed by atoms with van der Waals surface area (Å²) in [6, 6.07) is 1.99. The zero-order chi connectivity index (χ0) is 12.5. The number of methoxy groups -OCH3 is 1. The Morgan fingerprint density at radius 3 is 2.88 bits per heavy atom. The second-order valence-electron chi connectivity index (χ2n) is 3.91. The van der Waals surface area contributed by atoms with Gasteiger partial charge in [0.1, 0.15) is 5.75 Å². The van der Waals surface area contributed by atoms with Crippen molar-refractivity contribution in [2.75, 3.05) is 26.9 Å². The molecule has 0 spiro atoms. The molecule has 96 valence electrons. The summed E-state index contributed by atoms with van der Waals surface area (Å²) >= 11 is 0. The highest BCUT2D eigenvalue weighted by molar-refractivity contribution is 5.32. The van der Waals surface area contributed by atoms with Crippen molar-refractivity contribution >= 4 is 0 Å². The Hall–Kier alpha value is -1.13. The molecule has 4 heteroatoms. The van der Waals surface area contributed by atoms with Gasteiger partial charge >= 0.3 is 0 Å². The average molecular weight is 238 g/mol. The van der Waals surface area contributed by atoms with Crippen LogP contribution in [-0.2, 0) is 11.3 Å². The van der Waals surface area contributed by atoms with E-state index in [1.807, 2.05) is 19.2 Å². The van der Waals surface area contributed by atoms with Crippen molar-refractivity contribution in [2.45, 2.75) is 26.8 Å². The monoisotopic (exact) mass is 238 g/mol. The molecule has 0 aliphatic heterocycles. The van der Waals surface area contributed by atoms with E-state index in [-0.39, 0.29) is 0 Å². The summed E-state index contributed by atoms with van der Waals surface area (Å²) in [5.41, 5.74) is 2.09. The van der Waals surface area contributed by atoms with Crippen molar-refractivity contribution in [2.24, 2.45) is 0 Å². The number of ether oxygens (including phenoxy) is 2. The molecule has 0 unspecified atom stereocenters. The zero-order valence-electron chi connectivity index (χ0n) is 11.0. The Kier molecular flexibility index (Phi) is 6.58. The first-order chi connectivity index (χ1) is 8.27. The maximum atomic E-state index is 5.76. The molecule has 0 radical (unpaired) electrons. The number of hydrogen-bond donors (Lipinski definition) is 1. The van der Waals surface area contributed by atoms with Crippen LogP contribution < -0.4 is 10.1 Å². The predicted octanol–water partition coefficient (Wildman–Crippen LogP) is 1.91. The van der Waals surface area contributed by atoms with Gasteiger partial charge in [0.25, 0.3) is 0 Å². The summed E-state index contributed by atoms with van der Waals surface area (Å²) in [6.45, 7) is 7.20. The van der Waals surface area contributed by atoms with Gasteiger partial charge in [-0.05, 0) is 13.5 Å². The molecule has 1 rings (SSSR count). The summed E-state index contributed by atoms with van der Waals surface area (Å²) in [5, 5.41) is 3.28. The summed E-state index contributed by atoms with van der Waals surface area (Å²) < 4.78 is 10.8. The first-order valence-electron chi connectivity index (χ1n) is 6.06. The lowest BCUT2D eigenvalue weighted by Crippen LogP contribution is -2.14. The smallest absolute Gasteiger partial charge is 0.127 e. The molecule has 1 N–H and O–H groups in total. The summed E-state index contributed by atoms with van der Waals surface area (Å²) in [5.74, 6) is 0.926. The summed E-state index contributed by atoms with van der Waals surface area (Å²) in [7, 11) is 1.70. The van der Waals surface area contributed by atoms with Crippen molar-refractivity contribution in [1.29, 1.82) is 0 Å². The molecule has 0 bridgehead atoms. The van der Waals surface area contributed by atoms with E-state index in [0.29, 0.717) is 6.61 Å². The van der Waals surface area contributed by atoms with Crippen molar-refractivity contribution in [3.05, 3.63) is 23.5 Å². The van der Waals surface area contributed by atoms with E-state index in [9.17, 15) is 0 Å². The normalized spacial score (nSPS) is 10.5. The number of rotatable bonds is 8. The summed E-state index contributed by atoms with van der Waals surface area (Å²) in [4.78, 5) is 4.29. The van der Waals surface area contributed by atoms with Crippen molar-refractivity contribution in [1.82, 2.24) is 10.3 Å². The molecule has 1 heterocycles. The molecule has 0 aromatic carbocycles. The largest absolute Gasteiger partial charge is 0.493 e. The van der Waals surface area contributed by atoms with Crippen LogP contribution in [0.1, 0.15) is 24.6 Å². The van der Waals surface area contributed by atoms with Gasteiger partial charge in [-0.2, -0.15) is 0 Å². The van der Waals surface area contributed by atoms with Gasteiger partial charge in [0.15, 0.2) is 0 Å². The highest BCUT2D eigenvalue weighted by Crippen LogP contribution is 2.18. The molecule has 0 aliphatic carbocycles. The predicted molar refractivity (Wildman–Crippen MR) is 68.3 cm³/mol. The molecule has 0 fully saturated rings. The van der Waals surface area contributed by atoms with Crippen LogP contribution >= 0.6 is 0 Å². The third-order valence-corrected chi connectivity index (χ3v) is 2.40. The van der Waals surface area contributed by atoms with E-state index in [1.54, 1.807) is 7.11 Å². The number of aromatic nitrogens is 1. The highest BCUT2D eigenvalue weighted by Gasteiger charge is 2.04. The number of aryl methyl sites for hydroxylation is 1. The Bertz CT molecular complexity index is 329. The van der Waals surface area contributed by atoms with Gasteiger partial charge in [-0.25, -0.2) is 0 Å². The van der Waals surface area contributed by atoms with E-state index in [0.717, 1.165) is 43.1 Å². The lowest BCUT2D eigenvalue weighted by Gasteiger charge is -2.12. The molecular weight excluding hydrogens is 216 g/mol. The lowest BCUT2D eigenvalue weighted by atomic mass is 10.2. The third-order valence-electron chi connectivity index (χ3n) is 2.40. The Balaban J connectivity index is 2.56. The average Bonchev–Trinajstić information content (AvgIpc) is 2.33. The van der Waals surface area contributed by atoms with E-state index in [2.05, 4.69) is 17.2 Å². The molecular formula is C13H22N2O2. The Morgan fingerprint density at radius 2 is 2.18 bits per heavy atom. The van der Waals surface area contributed by atoms with E-state index >= 15 is 0 Å². The van der Waals surface area contributed by atoms with E-state index < -0.39 is 0 Å². The zero-order valence-corrected chi connectivity index (χ0v) is 11.0. The Labute approximate surface area is 103 Å². The van der Waals surface area contributed by atoms with Crippen LogP contribution in [0.3, 0.4) is 0 Å². The van der Waals surface area contributed by atoms with E-state index in [4.69, 9.17) is 9.47 Å². The maximum absolute atomic E-state index is 5.76. The van der Waals surface area contributed by atoms with Crippen LogP contribution in [0, 0.1) is 6.92 Å². The SMILES string of the molecule is CCNCc1cnc(C)cc1OCCCOC. The minimum Gasteiger partial charge on any atom is -0.493 e. The van der Waals surface area contributed by atoms with Gasteiger partial charge in [-0.15, -0.1) is 0 Å². The Morgan fingerprint density at radius 1 is 1.35 bits per heavy atom. The van der Waals surface area contributed by atoms with Crippen molar-refractivity contribution < 1.29 is 9.47 Å². The molecule has 4 nitrogen and oxygen atoms in total. The van der Waals surface area contributed by atoms with Crippen molar-refractivity contribution in [3.8, 4) is 5.75 Å². The van der Waals surface area contributed by atoms with Gasteiger partial charge in [0.05, 0.1) is 6.61 Å². The van der Waals surface area contributed by atoms with E-state index in [1.165, 1.54) is 0 Å². The minimum atomic E-state index is 0.677. The second kappa shape index (κ2) is 8.03. The second-order valence-corrected chi connectivity index (χ2v) is 3.91. The topological polar surface area (TPSA) is 43.4 Å². The fraction of sp³-hybridized carbons (Fsp3) is 0.615. The fourth-order valence-corrected chi connectivity index (χ4v) is 1.48. The van der Waals surface area contributed by atoms with Crippen LogP contribution in [0.25, 0.3) is 0 Å². The molecule has 0 saturated heterocycles. The van der Waals surface area contributed by atoms with Crippen LogP contribution in [0.4, 0.5) is 0 Å².